The predicted octanol–water partition coefficient (Wildman–Crippen LogP) is 5.68. The fraction of sp³-hybridized carbons (Fsp3) is 0.387. The fourth-order valence-electron chi connectivity index (χ4n) is 6.44. The molecule has 0 spiro atoms. The maximum absolute atomic E-state index is 13.1. The standard InChI is InChI=1S/C31H33N3O3/c1-19-6-12-23-25(4-3-5-27(23)32-19)30(35)33-22-10-7-20(8-11-22)16-17-34-28-14-15-29(34)26-18-21(31(36)37-2)9-13-24(26)28/h3-6,9,12-15,18,20,22,28-29H,7-8,10-11,16-17H2,1-2H3,(H,33,35)/t20?,22?,28-,29+/m0/s1. The van der Waals surface area contributed by atoms with Crippen molar-refractivity contribution in [2.24, 2.45) is 5.92 Å². The average Bonchev–Trinajstić information content (AvgIpc) is 3.47. The van der Waals surface area contributed by atoms with Gasteiger partial charge >= 0.3 is 5.97 Å². The number of aryl methyl sites for hydroxylation is 1. The van der Waals surface area contributed by atoms with Crippen LogP contribution in [0.15, 0.2) is 60.7 Å². The van der Waals surface area contributed by atoms with E-state index in [-0.39, 0.29) is 24.0 Å². The molecule has 0 radical (unpaired) electrons. The zero-order valence-electron chi connectivity index (χ0n) is 21.4. The van der Waals surface area contributed by atoms with Gasteiger partial charge in [-0.2, -0.15) is 0 Å². The molecular formula is C31H33N3O3. The van der Waals surface area contributed by atoms with E-state index in [1.807, 2.05) is 49.4 Å². The second-order valence-electron chi connectivity index (χ2n) is 10.7. The summed E-state index contributed by atoms with van der Waals surface area (Å²) in [7, 11) is 1.43. The van der Waals surface area contributed by atoms with E-state index in [1.165, 1.54) is 18.2 Å². The predicted molar refractivity (Wildman–Crippen MR) is 143 cm³/mol. The molecular weight excluding hydrogens is 462 g/mol. The van der Waals surface area contributed by atoms with Crippen molar-refractivity contribution in [2.45, 2.75) is 57.2 Å². The number of carbonyl (C=O) groups is 2. The quantitative estimate of drug-likeness (QED) is 0.352. The third-order valence-electron chi connectivity index (χ3n) is 8.43. The van der Waals surface area contributed by atoms with Crippen LogP contribution < -0.4 is 5.32 Å². The van der Waals surface area contributed by atoms with Crippen molar-refractivity contribution in [3.05, 3.63) is 88.6 Å². The Kier molecular flexibility index (Phi) is 6.29. The molecule has 1 fully saturated rings. The molecule has 2 bridgehead atoms. The van der Waals surface area contributed by atoms with Crippen molar-refractivity contribution >= 4 is 22.8 Å². The van der Waals surface area contributed by atoms with Gasteiger partial charge in [-0.15, -0.1) is 0 Å². The van der Waals surface area contributed by atoms with Gasteiger partial charge in [-0.25, -0.2) is 4.79 Å². The van der Waals surface area contributed by atoms with Crippen LogP contribution in [0.2, 0.25) is 0 Å². The van der Waals surface area contributed by atoms with E-state index in [0.29, 0.717) is 23.1 Å². The number of nitrogens with zero attached hydrogens (tertiary/aromatic N) is 2. The van der Waals surface area contributed by atoms with Gasteiger partial charge in [-0.1, -0.05) is 30.4 Å². The van der Waals surface area contributed by atoms with Crippen LogP contribution in [0.3, 0.4) is 0 Å². The summed E-state index contributed by atoms with van der Waals surface area (Å²) in [4.78, 5) is 32.2. The molecule has 3 aromatic rings. The van der Waals surface area contributed by atoms with E-state index in [1.54, 1.807) is 0 Å². The van der Waals surface area contributed by atoms with E-state index in [4.69, 9.17) is 4.74 Å². The molecule has 1 N–H and O–H groups in total. The first-order chi connectivity index (χ1) is 18.0. The van der Waals surface area contributed by atoms with Crippen LogP contribution >= 0.6 is 0 Å². The van der Waals surface area contributed by atoms with E-state index in [0.717, 1.165) is 55.2 Å². The third kappa shape index (κ3) is 4.44. The number of ether oxygens (including phenoxy) is 1. The number of hydrogen-bond acceptors (Lipinski definition) is 5. The summed E-state index contributed by atoms with van der Waals surface area (Å²) in [6.07, 6.45) is 10.0. The number of hydrogen-bond donors (Lipinski definition) is 1. The SMILES string of the molecule is COC(=O)c1ccc2c(c1)[C@H]1C=C[C@@H]2N1CCC1CCC(NC(=O)c2cccc3nc(C)ccc23)CC1. The summed E-state index contributed by atoms with van der Waals surface area (Å²) in [6, 6.07) is 16.5. The molecule has 1 aliphatic carbocycles. The number of esters is 1. The van der Waals surface area contributed by atoms with Gasteiger partial charge in [-0.05, 0) is 86.4 Å². The maximum Gasteiger partial charge on any atom is 0.337 e. The Balaban J connectivity index is 1.02. The van der Waals surface area contributed by atoms with Crippen molar-refractivity contribution < 1.29 is 14.3 Å². The van der Waals surface area contributed by atoms with Crippen molar-refractivity contribution in [2.75, 3.05) is 13.7 Å². The van der Waals surface area contributed by atoms with E-state index in [9.17, 15) is 9.59 Å². The summed E-state index contributed by atoms with van der Waals surface area (Å²) in [5.41, 5.74) is 5.70. The molecule has 6 rings (SSSR count). The molecule has 37 heavy (non-hydrogen) atoms. The number of rotatable bonds is 6. The summed E-state index contributed by atoms with van der Waals surface area (Å²) >= 11 is 0. The van der Waals surface area contributed by atoms with E-state index in [2.05, 4.69) is 33.4 Å². The molecule has 2 atom stereocenters. The molecule has 2 aliphatic heterocycles. The third-order valence-corrected chi connectivity index (χ3v) is 8.43. The highest BCUT2D eigenvalue weighted by molar-refractivity contribution is 6.06. The zero-order chi connectivity index (χ0) is 25.5. The van der Waals surface area contributed by atoms with Crippen LogP contribution in [0.25, 0.3) is 10.9 Å². The second kappa shape index (κ2) is 9.75. The van der Waals surface area contributed by atoms with Crippen molar-refractivity contribution in [1.29, 1.82) is 0 Å². The topological polar surface area (TPSA) is 71.5 Å². The number of pyridine rings is 1. The Morgan fingerprint density at radius 1 is 1.00 bits per heavy atom. The number of nitrogens with one attached hydrogen (secondary N) is 1. The Morgan fingerprint density at radius 3 is 2.57 bits per heavy atom. The Labute approximate surface area is 217 Å². The Morgan fingerprint density at radius 2 is 1.78 bits per heavy atom. The van der Waals surface area contributed by atoms with Gasteiger partial charge in [0, 0.05) is 29.2 Å². The van der Waals surface area contributed by atoms with Crippen LogP contribution in [0.1, 0.15) is 81.7 Å². The number of methoxy groups -OCH3 is 1. The number of aromatic nitrogens is 1. The molecule has 190 valence electrons. The summed E-state index contributed by atoms with van der Waals surface area (Å²) in [5, 5.41) is 4.20. The number of benzene rings is 2. The Hall–Kier alpha value is -3.51. The highest BCUT2D eigenvalue weighted by Gasteiger charge is 2.40. The van der Waals surface area contributed by atoms with Crippen LogP contribution in [0.5, 0.6) is 0 Å². The lowest BCUT2D eigenvalue weighted by molar-refractivity contribution is 0.0600. The number of carbonyl (C=O) groups excluding carboxylic acids is 2. The lowest BCUT2D eigenvalue weighted by Crippen LogP contribution is -2.38. The second-order valence-corrected chi connectivity index (χ2v) is 10.7. The fourth-order valence-corrected chi connectivity index (χ4v) is 6.44. The summed E-state index contributed by atoms with van der Waals surface area (Å²) in [5.74, 6) is 0.396. The molecule has 6 heteroatoms. The summed E-state index contributed by atoms with van der Waals surface area (Å²) < 4.78 is 4.91. The van der Waals surface area contributed by atoms with Gasteiger partial charge in [-0.3, -0.25) is 14.7 Å². The molecule has 0 saturated heterocycles. The molecule has 1 saturated carbocycles. The first-order valence-electron chi connectivity index (χ1n) is 13.4. The summed E-state index contributed by atoms with van der Waals surface area (Å²) in [6.45, 7) is 3.00. The molecule has 3 aliphatic rings. The normalized spacial score (nSPS) is 24.3. The van der Waals surface area contributed by atoms with Crippen LogP contribution in [0, 0.1) is 12.8 Å². The van der Waals surface area contributed by atoms with E-state index < -0.39 is 0 Å². The van der Waals surface area contributed by atoms with Crippen molar-refractivity contribution in [1.82, 2.24) is 15.2 Å². The van der Waals surface area contributed by atoms with Gasteiger partial charge in [0.1, 0.15) is 0 Å². The van der Waals surface area contributed by atoms with Gasteiger partial charge in [0.05, 0.1) is 30.3 Å². The van der Waals surface area contributed by atoms with Crippen LogP contribution in [-0.4, -0.2) is 41.5 Å². The number of fused-ring (bicyclic) bond motifs is 6. The minimum atomic E-state index is -0.280. The highest BCUT2D eigenvalue weighted by Crippen LogP contribution is 2.49. The lowest BCUT2D eigenvalue weighted by Gasteiger charge is -2.31. The largest absolute Gasteiger partial charge is 0.465 e. The monoisotopic (exact) mass is 495 g/mol. The van der Waals surface area contributed by atoms with Gasteiger partial charge < -0.3 is 10.1 Å². The van der Waals surface area contributed by atoms with Crippen molar-refractivity contribution in [3.63, 3.8) is 0 Å². The Bertz CT molecular complexity index is 1390. The molecule has 6 nitrogen and oxygen atoms in total. The molecule has 2 aromatic carbocycles. The smallest absolute Gasteiger partial charge is 0.337 e. The molecule has 1 aromatic heterocycles. The maximum atomic E-state index is 13.1. The molecule has 1 amide bonds. The van der Waals surface area contributed by atoms with Crippen molar-refractivity contribution in [3.8, 4) is 0 Å². The van der Waals surface area contributed by atoms with Gasteiger partial charge in [0.2, 0.25) is 0 Å². The van der Waals surface area contributed by atoms with Gasteiger partial charge in [0.15, 0.2) is 0 Å². The minimum absolute atomic E-state index is 0.00325. The first-order valence-corrected chi connectivity index (χ1v) is 13.4. The van der Waals surface area contributed by atoms with Gasteiger partial charge in [0.25, 0.3) is 5.91 Å². The minimum Gasteiger partial charge on any atom is -0.465 e. The first kappa shape index (κ1) is 23.9. The molecule has 0 unspecified atom stereocenters. The average molecular weight is 496 g/mol. The van der Waals surface area contributed by atoms with Crippen LogP contribution in [-0.2, 0) is 4.74 Å². The number of amides is 1. The van der Waals surface area contributed by atoms with E-state index >= 15 is 0 Å². The zero-order valence-corrected chi connectivity index (χ0v) is 21.4. The highest BCUT2D eigenvalue weighted by atomic mass is 16.5. The lowest BCUT2D eigenvalue weighted by atomic mass is 9.84. The molecule has 3 heterocycles. The van der Waals surface area contributed by atoms with Crippen LogP contribution in [0.4, 0.5) is 0 Å².